The van der Waals surface area contributed by atoms with Crippen LogP contribution < -0.4 is 5.32 Å². The van der Waals surface area contributed by atoms with Crippen LogP contribution in [0.1, 0.15) is 24.1 Å². The topological polar surface area (TPSA) is 61.9 Å². The van der Waals surface area contributed by atoms with Gasteiger partial charge in [-0.25, -0.2) is 0 Å². The Hall–Kier alpha value is -2.70. The maximum absolute atomic E-state index is 13.3. The van der Waals surface area contributed by atoms with E-state index in [1.54, 1.807) is 0 Å². The number of hydrogen-bond donors (Lipinski definition) is 1. The second-order valence-electron chi connectivity index (χ2n) is 7.22. The highest BCUT2D eigenvalue weighted by Crippen LogP contribution is 2.23. The number of benzene rings is 2. The first-order valence-electron chi connectivity index (χ1n) is 10.1. The molecule has 29 heavy (non-hydrogen) atoms. The summed E-state index contributed by atoms with van der Waals surface area (Å²) in [4.78, 5) is 29.6. The van der Waals surface area contributed by atoms with Crippen molar-refractivity contribution in [3.05, 3.63) is 65.7 Å². The lowest BCUT2D eigenvalue weighted by atomic mass is 10.0. The van der Waals surface area contributed by atoms with Crippen LogP contribution in [0.3, 0.4) is 0 Å². The first kappa shape index (κ1) is 21.0. The number of ether oxygens (including phenoxy) is 1. The average Bonchev–Trinajstić information content (AvgIpc) is 2.75. The van der Waals surface area contributed by atoms with Gasteiger partial charge in [-0.1, -0.05) is 55.5 Å². The smallest absolute Gasteiger partial charge is 0.244 e. The number of hydrogen-bond acceptors (Lipinski definition) is 4. The van der Waals surface area contributed by atoms with E-state index in [0.717, 1.165) is 23.2 Å². The van der Waals surface area contributed by atoms with Crippen LogP contribution >= 0.6 is 0 Å². The molecule has 2 amide bonds. The molecule has 3 rings (SSSR count). The number of rotatable bonds is 7. The zero-order chi connectivity index (χ0) is 20.6. The second kappa shape index (κ2) is 10.2. The summed E-state index contributed by atoms with van der Waals surface area (Å²) in [5.74, 6) is -0.132. The van der Waals surface area contributed by atoms with Crippen LogP contribution in [-0.4, -0.2) is 61.5 Å². The van der Waals surface area contributed by atoms with Gasteiger partial charge >= 0.3 is 0 Å². The minimum Gasteiger partial charge on any atom is -0.378 e. The predicted molar refractivity (Wildman–Crippen MR) is 114 cm³/mol. The Morgan fingerprint density at radius 3 is 2.41 bits per heavy atom. The minimum atomic E-state index is -0.513. The second-order valence-corrected chi connectivity index (χ2v) is 7.22. The van der Waals surface area contributed by atoms with Crippen LogP contribution in [-0.2, 0) is 20.7 Å². The molecule has 6 heteroatoms. The molecule has 0 aliphatic carbocycles. The number of likely N-dealkylation sites (N-methyl/N-ethyl adjacent to an activating group) is 1. The maximum atomic E-state index is 13.3. The van der Waals surface area contributed by atoms with Gasteiger partial charge in [0.1, 0.15) is 6.04 Å². The Labute approximate surface area is 172 Å². The number of aryl methyl sites for hydroxylation is 1. The fourth-order valence-electron chi connectivity index (χ4n) is 3.64. The van der Waals surface area contributed by atoms with E-state index < -0.39 is 6.04 Å². The molecular weight excluding hydrogens is 366 g/mol. The Bertz CT molecular complexity index is 819. The van der Waals surface area contributed by atoms with Gasteiger partial charge in [-0.05, 0) is 30.7 Å². The first-order chi connectivity index (χ1) is 14.1. The molecule has 1 N–H and O–H groups in total. The Kier molecular flexibility index (Phi) is 7.38. The minimum absolute atomic E-state index is 0.00348. The maximum Gasteiger partial charge on any atom is 0.244 e. The molecule has 6 nitrogen and oxygen atoms in total. The molecule has 1 aliphatic rings. The molecule has 2 aromatic carbocycles. The van der Waals surface area contributed by atoms with Crippen molar-refractivity contribution in [3.8, 4) is 0 Å². The average molecular weight is 396 g/mol. The number of carbonyl (C=O) groups is 2. The lowest BCUT2D eigenvalue weighted by Gasteiger charge is -2.34. The van der Waals surface area contributed by atoms with Gasteiger partial charge in [0, 0.05) is 18.8 Å². The van der Waals surface area contributed by atoms with Crippen LogP contribution in [0.5, 0.6) is 0 Å². The molecule has 2 aromatic rings. The molecule has 1 heterocycles. The summed E-state index contributed by atoms with van der Waals surface area (Å²) in [6, 6.07) is 16.9. The zero-order valence-corrected chi connectivity index (χ0v) is 17.1. The number of carbonyl (C=O) groups excluding carboxylic acids is 2. The van der Waals surface area contributed by atoms with Crippen LogP contribution in [0.4, 0.5) is 5.69 Å². The highest BCUT2D eigenvalue weighted by atomic mass is 16.5. The monoisotopic (exact) mass is 395 g/mol. The van der Waals surface area contributed by atoms with E-state index in [4.69, 9.17) is 4.74 Å². The molecule has 0 spiro atoms. The van der Waals surface area contributed by atoms with Crippen LogP contribution in [0.2, 0.25) is 0 Å². The third kappa shape index (κ3) is 5.43. The summed E-state index contributed by atoms with van der Waals surface area (Å²) in [6.45, 7) is 4.42. The lowest BCUT2D eigenvalue weighted by Crippen LogP contribution is -2.48. The SMILES string of the molecule is CCc1ccccc1NC(=O)CN(C)[C@H](C(=O)N1CCOCC1)c1ccccc1. The van der Waals surface area contributed by atoms with E-state index >= 15 is 0 Å². The van der Waals surface area contributed by atoms with Crippen molar-refractivity contribution in [2.75, 3.05) is 45.2 Å². The van der Waals surface area contributed by atoms with E-state index in [1.807, 2.05) is 71.4 Å². The van der Waals surface area contributed by atoms with E-state index in [0.29, 0.717) is 26.3 Å². The van der Waals surface area contributed by atoms with Gasteiger partial charge in [0.2, 0.25) is 11.8 Å². The fraction of sp³-hybridized carbons (Fsp3) is 0.391. The summed E-state index contributed by atoms with van der Waals surface area (Å²) in [5, 5.41) is 2.99. The van der Waals surface area contributed by atoms with Crippen LogP contribution in [0, 0.1) is 0 Å². The van der Waals surface area contributed by atoms with Crippen molar-refractivity contribution in [3.63, 3.8) is 0 Å². The molecule has 1 saturated heterocycles. The van der Waals surface area contributed by atoms with Gasteiger partial charge in [-0.3, -0.25) is 14.5 Å². The molecule has 0 bridgehead atoms. The van der Waals surface area contributed by atoms with Crippen molar-refractivity contribution in [2.24, 2.45) is 0 Å². The van der Waals surface area contributed by atoms with E-state index in [1.165, 1.54) is 0 Å². The van der Waals surface area contributed by atoms with Crippen molar-refractivity contribution in [2.45, 2.75) is 19.4 Å². The Balaban J connectivity index is 1.74. The van der Waals surface area contributed by atoms with Crippen molar-refractivity contribution in [1.29, 1.82) is 0 Å². The van der Waals surface area contributed by atoms with Crippen molar-refractivity contribution < 1.29 is 14.3 Å². The number of anilines is 1. The van der Waals surface area contributed by atoms with Gasteiger partial charge in [0.05, 0.1) is 19.8 Å². The van der Waals surface area contributed by atoms with Gasteiger partial charge in [-0.15, -0.1) is 0 Å². The lowest BCUT2D eigenvalue weighted by molar-refractivity contribution is -0.141. The highest BCUT2D eigenvalue weighted by Gasteiger charge is 2.31. The molecule has 0 radical (unpaired) electrons. The predicted octanol–water partition coefficient (Wildman–Crippen LogP) is 2.72. The summed E-state index contributed by atoms with van der Waals surface area (Å²) in [5.41, 5.74) is 2.80. The Morgan fingerprint density at radius 1 is 1.07 bits per heavy atom. The summed E-state index contributed by atoms with van der Waals surface area (Å²) in [6.07, 6.45) is 0.842. The normalized spacial score (nSPS) is 15.2. The van der Waals surface area contributed by atoms with Crippen LogP contribution in [0.15, 0.2) is 54.6 Å². The third-order valence-electron chi connectivity index (χ3n) is 5.18. The van der Waals surface area contributed by atoms with Gasteiger partial charge < -0.3 is 15.0 Å². The largest absolute Gasteiger partial charge is 0.378 e. The number of para-hydroxylation sites is 1. The summed E-state index contributed by atoms with van der Waals surface area (Å²) >= 11 is 0. The molecule has 1 aliphatic heterocycles. The van der Waals surface area contributed by atoms with Gasteiger partial charge in [-0.2, -0.15) is 0 Å². The number of nitrogens with zero attached hydrogens (tertiary/aromatic N) is 2. The fourth-order valence-corrected chi connectivity index (χ4v) is 3.64. The van der Waals surface area contributed by atoms with E-state index in [2.05, 4.69) is 12.2 Å². The molecule has 0 unspecified atom stereocenters. The molecule has 1 atom stereocenters. The summed E-state index contributed by atoms with van der Waals surface area (Å²) < 4.78 is 5.38. The number of nitrogens with one attached hydrogen (secondary N) is 1. The highest BCUT2D eigenvalue weighted by molar-refractivity contribution is 5.93. The van der Waals surface area contributed by atoms with Crippen molar-refractivity contribution in [1.82, 2.24) is 9.80 Å². The Morgan fingerprint density at radius 2 is 1.72 bits per heavy atom. The third-order valence-corrected chi connectivity index (χ3v) is 5.18. The van der Waals surface area contributed by atoms with E-state index in [9.17, 15) is 9.59 Å². The summed E-state index contributed by atoms with van der Waals surface area (Å²) in [7, 11) is 1.82. The van der Waals surface area contributed by atoms with Crippen molar-refractivity contribution >= 4 is 17.5 Å². The molecular formula is C23H29N3O3. The molecule has 154 valence electrons. The first-order valence-corrected chi connectivity index (χ1v) is 10.1. The van der Waals surface area contributed by atoms with Gasteiger partial charge in [0.25, 0.3) is 0 Å². The number of amides is 2. The van der Waals surface area contributed by atoms with Gasteiger partial charge in [0.15, 0.2) is 0 Å². The molecule has 0 saturated carbocycles. The number of morpholine rings is 1. The molecule has 0 aromatic heterocycles. The zero-order valence-electron chi connectivity index (χ0n) is 17.1. The quantitative estimate of drug-likeness (QED) is 0.783. The molecule has 1 fully saturated rings. The standard InChI is InChI=1S/C23H29N3O3/c1-3-18-9-7-8-12-20(18)24-21(27)17-25(2)22(19-10-5-4-6-11-19)23(28)26-13-15-29-16-14-26/h4-12,22H,3,13-17H2,1-2H3,(H,24,27)/t22-/m0/s1. The van der Waals surface area contributed by atoms with E-state index in [-0.39, 0.29) is 18.4 Å². The van der Waals surface area contributed by atoms with Crippen LogP contribution in [0.25, 0.3) is 0 Å².